The third-order valence-electron chi connectivity index (χ3n) is 5.14. The predicted octanol–water partition coefficient (Wildman–Crippen LogP) is 2.09. The van der Waals surface area contributed by atoms with Gasteiger partial charge in [0, 0.05) is 12.5 Å². The lowest BCUT2D eigenvalue weighted by Crippen LogP contribution is -2.66. The first-order valence-corrected chi connectivity index (χ1v) is 11.1. The van der Waals surface area contributed by atoms with E-state index in [2.05, 4.69) is 5.73 Å². The summed E-state index contributed by atoms with van der Waals surface area (Å²) < 4.78 is 53.8. The summed E-state index contributed by atoms with van der Waals surface area (Å²) in [5.74, 6) is -1.49. The molecule has 37 heavy (non-hydrogen) atoms. The quantitative estimate of drug-likeness (QED) is 0.396. The fraction of sp³-hybridized carbons (Fsp3) is 0.320. The number of aliphatic carboxylic acids is 1. The van der Waals surface area contributed by atoms with E-state index < -0.39 is 24.2 Å². The summed E-state index contributed by atoms with van der Waals surface area (Å²) in [5.41, 5.74) is 5.12. The van der Waals surface area contributed by atoms with Gasteiger partial charge in [-0.3, -0.25) is 4.79 Å². The number of carboxylic acid groups (broad SMARTS) is 1. The lowest BCUT2D eigenvalue weighted by atomic mass is 10.0. The minimum atomic E-state index is -5.19. The van der Waals surface area contributed by atoms with Crippen LogP contribution in [-0.4, -0.2) is 37.4 Å². The molecule has 0 saturated carbocycles. The summed E-state index contributed by atoms with van der Waals surface area (Å²) in [6.45, 7) is 5.02. The van der Waals surface area contributed by atoms with Crippen molar-refractivity contribution in [1.82, 2.24) is 0 Å². The highest BCUT2D eigenvalue weighted by atomic mass is 19.4. The van der Waals surface area contributed by atoms with Crippen LogP contribution in [0.2, 0.25) is 0 Å². The number of carbonyl (C=O) groups is 2. The van der Waals surface area contributed by atoms with Crippen molar-refractivity contribution in [2.75, 3.05) is 13.2 Å². The Bertz CT molecular complexity index is 1350. The third-order valence-corrected chi connectivity index (χ3v) is 5.14. The van der Waals surface area contributed by atoms with Crippen molar-refractivity contribution in [2.24, 2.45) is 5.92 Å². The van der Waals surface area contributed by atoms with Gasteiger partial charge in [0.25, 0.3) is 0 Å². The Balaban J connectivity index is 0.000000479. The van der Waals surface area contributed by atoms with Gasteiger partial charge >= 0.3 is 12.1 Å². The minimum Gasteiger partial charge on any atom is -0.542 e. The monoisotopic (exact) mass is 523 g/mol. The number of quaternary nitrogens is 1. The number of hydrogen-bond donors (Lipinski definition) is 1. The fourth-order valence-electron chi connectivity index (χ4n) is 3.45. The molecule has 12 heteroatoms. The zero-order valence-electron chi connectivity index (χ0n) is 19.9. The maximum absolute atomic E-state index is 13.0. The van der Waals surface area contributed by atoms with Gasteiger partial charge < -0.3 is 34.3 Å². The van der Waals surface area contributed by atoms with Gasteiger partial charge in [-0.15, -0.1) is 0 Å². The van der Waals surface area contributed by atoms with Crippen LogP contribution in [0.4, 0.5) is 13.2 Å². The van der Waals surface area contributed by atoms with Crippen LogP contribution < -0.4 is 30.5 Å². The maximum atomic E-state index is 13.0. The highest BCUT2D eigenvalue weighted by molar-refractivity contribution is 5.84. The van der Waals surface area contributed by atoms with E-state index in [1.807, 2.05) is 13.8 Å². The lowest BCUT2D eigenvalue weighted by Gasteiger charge is -2.18. The molecule has 1 aliphatic heterocycles. The van der Waals surface area contributed by atoms with Gasteiger partial charge in [0.05, 0.1) is 10.9 Å². The van der Waals surface area contributed by atoms with Gasteiger partial charge in [0.15, 0.2) is 23.0 Å². The molecule has 0 aliphatic carbocycles. The molecule has 9 nitrogen and oxygen atoms in total. The van der Waals surface area contributed by atoms with Gasteiger partial charge in [0.2, 0.25) is 0 Å². The van der Waals surface area contributed by atoms with E-state index in [1.165, 1.54) is 6.26 Å². The predicted molar refractivity (Wildman–Crippen MR) is 122 cm³/mol. The zero-order valence-corrected chi connectivity index (χ0v) is 19.9. The van der Waals surface area contributed by atoms with Crippen LogP contribution >= 0.6 is 0 Å². The summed E-state index contributed by atoms with van der Waals surface area (Å²) in [4.78, 5) is 34.0. The number of fused-ring (bicyclic) bond motifs is 2. The van der Waals surface area contributed by atoms with E-state index in [9.17, 15) is 22.8 Å². The Labute approximate surface area is 208 Å². The van der Waals surface area contributed by atoms with E-state index in [0.717, 1.165) is 0 Å². The normalized spacial score (nSPS) is 13.5. The molecule has 0 saturated heterocycles. The largest absolute Gasteiger partial charge is 0.542 e. The van der Waals surface area contributed by atoms with Crippen LogP contribution in [0.1, 0.15) is 20.3 Å². The topological polar surface area (TPSA) is 143 Å². The molecule has 3 N–H and O–H groups in total. The Morgan fingerprint density at radius 2 is 1.73 bits per heavy atom. The molecule has 2 heterocycles. The number of alkyl halides is 3. The molecule has 0 spiro atoms. The second-order valence-electron chi connectivity index (χ2n) is 8.53. The number of carboxylic acids is 1. The van der Waals surface area contributed by atoms with Gasteiger partial charge in [-0.2, -0.15) is 13.2 Å². The van der Waals surface area contributed by atoms with Crippen molar-refractivity contribution in [3.05, 3.63) is 52.9 Å². The number of rotatable bonds is 5. The molecule has 1 atom stereocenters. The first-order chi connectivity index (χ1) is 17.4. The summed E-state index contributed by atoms with van der Waals surface area (Å²) >= 11 is 0. The van der Waals surface area contributed by atoms with Crippen LogP contribution in [0.15, 0.2) is 51.9 Å². The smallest absolute Gasteiger partial charge is 0.430 e. The van der Waals surface area contributed by atoms with Crippen molar-refractivity contribution < 1.29 is 52.2 Å². The van der Waals surface area contributed by atoms with Crippen LogP contribution in [-0.2, 0) is 9.59 Å². The second-order valence-corrected chi connectivity index (χ2v) is 8.53. The molecule has 0 radical (unpaired) electrons. The molecular formula is C25H24F3NO8. The number of carbonyl (C=O) groups excluding carboxylic acids is 2. The molecule has 0 bridgehead atoms. The molecule has 4 rings (SSSR count). The third kappa shape index (κ3) is 7.00. The molecular weight excluding hydrogens is 499 g/mol. The Morgan fingerprint density at radius 1 is 1.08 bits per heavy atom. The van der Waals surface area contributed by atoms with Gasteiger partial charge in [-0.05, 0) is 35.7 Å². The average molecular weight is 523 g/mol. The second kappa shape index (κ2) is 11.3. The first-order valence-electron chi connectivity index (χ1n) is 11.1. The van der Waals surface area contributed by atoms with Gasteiger partial charge in [-0.1, -0.05) is 19.9 Å². The fourth-order valence-corrected chi connectivity index (χ4v) is 3.45. The Morgan fingerprint density at radius 3 is 2.35 bits per heavy atom. The molecule has 198 valence electrons. The van der Waals surface area contributed by atoms with Gasteiger partial charge in [-0.25, -0.2) is 4.79 Å². The van der Waals surface area contributed by atoms with Gasteiger partial charge in [0.1, 0.15) is 36.8 Å². The average Bonchev–Trinajstić information content (AvgIpc) is 2.83. The number of benzene rings is 2. The van der Waals surface area contributed by atoms with Crippen molar-refractivity contribution in [3.63, 3.8) is 0 Å². The molecule has 0 amide bonds. The highest BCUT2D eigenvalue weighted by Gasteiger charge is 2.28. The molecule has 1 aromatic heterocycles. The molecule has 0 fully saturated rings. The van der Waals surface area contributed by atoms with Crippen molar-refractivity contribution in [3.8, 4) is 28.4 Å². The summed E-state index contributed by atoms with van der Waals surface area (Å²) in [6, 6.07) is 9.63. The van der Waals surface area contributed by atoms with Crippen LogP contribution in [0, 0.1) is 5.92 Å². The summed E-state index contributed by atoms with van der Waals surface area (Å²) in [7, 11) is 0. The van der Waals surface area contributed by atoms with E-state index in [-0.39, 0.29) is 5.43 Å². The van der Waals surface area contributed by atoms with Crippen LogP contribution in [0.3, 0.4) is 0 Å². The van der Waals surface area contributed by atoms with Crippen molar-refractivity contribution in [2.45, 2.75) is 32.5 Å². The maximum Gasteiger partial charge on any atom is 0.430 e. The molecule has 0 unspecified atom stereocenters. The van der Waals surface area contributed by atoms with Crippen LogP contribution in [0.25, 0.3) is 22.1 Å². The van der Waals surface area contributed by atoms with E-state index in [0.29, 0.717) is 64.9 Å². The molecule has 1 aliphatic rings. The molecule has 2 aromatic carbocycles. The highest BCUT2D eigenvalue weighted by Crippen LogP contribution is 2.34. The van der Waals surface area contributed by atoms with E-state index >= 15 is 0 Å². The zero-order chi connectivity index (χ0) is 27.3. The summed E-state index contributed by atoms with van der Waals surface area (Å²) in [5, 5.41) is 9.18. The van der Waals surface area contributed by atoms with E-state index in [1.54, 1.807) is 36.4 Å². The van der Waals surface area contributed by atoms with Crippen molar-refractivity contribution >= 4 is 22.9 Å². The number of hydrogen-bond acceptors (Lipinski definition) is 8. The lowest BCUT2D eigenvalue weighted by molar-refractivity contribution is -0.409. The standard InChI is InChI=1S/C23H23NO6.C2HF3O2/c1-13(2)9-18(24)23(26)30-15-4-5-16-20(11-15)29-12-17(22(16)25)14-3-6-19-21(10-14)28-8-7-27-19;3-2(4,5)1(6)7/h3-6,10-13,18H,7-9,24H2,1-2H3;(H,6,7)/t18-;/m1./s1. The SMILES string of the molecule is CC(C)C[C@@H]([NH3+])C(=O)Oc1ccc2c(=O)c(-c3ccc4c(c3)OCCO4)coc2c1.O=C([O-])C(F)(F)F. The van der Waals surface area contributed by atoms with Crippen LogP contribution in [0.5, 0.6) is 17.2 Å². The summed E-state index contributed by atoms with van der Waals surface area (Å²) in [6.07, 6.45) is -3.15. The Kier molecular flexibility index (Phi) is 8.43. The number of ether oxygens (including phenoxy) is 3. The van der Waals surface area contributed by atoms with E-state index in [4.69, 9.17) is 28.5 Å². The molecule has 3 aromatic rings. The minimum absolute atomic E-state index is 0.180. The number of halogens is 3. The first kappa shape index (κ1) is 27.5. The van der Waals surface area contributed by atoms with Crippen molar-refractivity contribution in [1.29, 1.82) is 0 Å². The Hall–Kier alpha value is -4.06. The number of esters is 1.